The minimum Gasteiger partial charge on any atom is -0.475 e. The zero-order valence-corrected chi connectivity index (χ0v) is 23.2. The first-order chi connectivity index (χ1) is 19.9. The van der Waals surface area contributed by atoms with E-state index in [-0.39, 0.29) is 10.3 Å². The van der Waals surface area contributed by atoms with Gasteiger partial charge in [-0.2, -0.15) is 26.3 Å². The largest absolute Gasteiger partial charge is 0.490 e. The van der Waals surface area contributed by atoms with Gasteiger partial charge in [-0.05, 0) is 50.4 Å². The van der Waals surface area contributed by atoms with E-state index in [1.54, 1.807) is 6.20 Å². The number of halogens is 6. The molecule has 0 saturated carbocycles. The van der Waals surface area contributed by atoms with Gasteiger partial charge in [-0.15, -0.1) is 0 Å². The predicted octanol–water partition coefficient (Wildman–Crippen LogP) is 2.56. The van der Waals surface area contributed by atoms with Crippen molar-refractivity contribution in [3.63, 3.8) is 0 Å². The minimum absolute atomic E-state index is 0.257. The molecule has 3 aliphatic heterocycles. The first kappa shape index (κ1) is 33.9. The fraction of sp³-hybridized carbons (Fsp3) is 0.542. The Balaban J connectivity index is 0.000000303. The topological polar surface area (TPSA) is 166 Å². The molecule has 0 atom stereocenters. The van der Waals surface area contributed by atoms with Crippen LogP contribution in [0.2, 0.25) is 0 Å². The highest BCUT2D eigenvalue weighted by Crippen LogP contribution is 2.41. The van der Waals surface area contributed by atoms with Crippen molar-refractivity contribution in [3.8, 4) is 0 Å². The molecule has 0 bridgehead atoms. The molecular formula is C24H28F6N6O6S. The maximum atomic E-state index is 12.6. The number of alkyl halides is 6. The summed E-state index contributed by atoms with van der Waals surface area (Å²) >= 11 is 0. The van der Waals surface area contributed by atoms with Crippen LogP contribution in [-0.4, -0.2) is 95.5 Å². The second kappa shape index (κ2) is 13.4. The number of pyridine rings is 1. The number of aliphatic carboxylic acids is 2. The summed E-state index contributed by atoms with van der Waals surface area (Å²) in [5, 5.41) is 14.2. The van der Waals surface area contributed by atoms with Gasteiger partial charge < -0.3 is 15.1 Å². The van der Waals surface area contributed by atoms with Crippen LogP contribution in [-0.2, 0) is 31.6 Å². The number of carboxylic acids is 2. The maximum absolute atomic E-state index is 12.6. The Labute approximate surface area is 241 Å². The maximum Gasteiger partial charge on any atom is 0.490 e. The molecule has 19 heteroatoms. The van der Waals surface area contributed by atoms with Gasteiger partial charge in [0.1, 0.15) is 4.90 Å². The van der Waals surface area contributed by atoms with E-state index in [0.29, 0.717) is 18.2 Å². The van der Waals surface area contributed by atoms with Crippen molar-refractivity contribution in [2.24, 2.45) is 0 Å². The van der Waals surface area contributed by atoms with Crippen molar-refractivity contribution in [2.45, 2.75) is 54.9 Å². The second-order valence-corrected chi connectivity index (χ2v) is 11.7. The van der Waals surface area contributed by atoms with Crippen LogP contribution in [0.3, 0.4) is 0 Å². The number of nitrogens with one attached hydrogen (secondary N) is 1. The van der Waals surface area contributed by atoms with E-state index in [9.17, 15) is 34.8 Å². The number of fused-ring (bicyclic) bond motifs is 2. The third kappa shape index (κ3) is 8.96. The number of aromatic nitrogens is 3. The van der Waals surface area contributed by atoms with E-state index in [1.165, 1.54) is 11.8 Å². The Bertz CT molecular complexity index is 1360. The molecule has 2 fully saturated rings. The van der Waals surface area contributed by atoms with Gasteiger partial charge in [0.25, 0.3) is 0 Å². The quantitative estimate of drug-likeness (QED) is 0.422. The average molecular weight is 643 g/mol. The summed E-state index contributed by atoms with van der Waals surface area (Å²) < 4.78 is 91.5. The number of carboxylic acid groups (broad SMARTS) is 2. The van der Waals surface area contributed by atoms with E-state index in [4.69, 9.17) is 24.8 Å². The lowest BCUT2D eigenvalue weighted by atomic mass is 9.75. The van der Waals surface area contributed by atoms with E-state index in [2.05, 4.69) is 30.6 Å². The highest BCUT2D eigenvalue weighted by atomic mass is 32.2. The fourth-order valence-corrected chi connectivity index (χ4v) is 6.03. The highest BCUT2D eigenvalue weighted by Gasteiger charge is 2.46. The molecular weight excluding hydrogens is 614 g/mol. The third-order valence-electron chi connectivity index (χ3n) is 6.95. The molecule has 2 aromatic heterocycles. The van der Waals surface area contributed by atoms with E-state index in [0.717, 1.165) is 58.4 Å². The smallest absolute Gasteiger partial charge is 0.475 e. The van der Waals surface area contributed by atoms with Crippen molar-refractivity contribution in [3.05, 3.63) is 42.0 Å². The lowest BCUT2D eigenvalue weighted by molar-refractivity contribution is -0.193. The lowest BCUT2D eigenvalue weighted by Crippen LogP contribution is -2.53. The summed E-state index contributed by atoms with van der Waals surface area (Å²) in [5.41, 5.74) is 1.66. The number of carbonyl (C=O) groups is 2. The second-order valence-electron chi connectivity index (χ2n) is 9.93. The van der Waals surface area contributed by atoms with Crippen LogP contribution in [0.5, 0.6) is 0 Å². The van der Waals surface area contributed by atoms with Crippen molar-refractivity contribution in [1.29, 1.82) is 0 Å². The van der Waals surface area contributed by atoms with Crippen LogP contribution in [0, 0.1) is 0 Å². The van der Waals surface area contributed by atoms with Crippen molar-refractivity contribution >= 4 is 27.9 Å². The van der Waals surface area contributed by atoms with Gasteiger partial charge in [-0.1, -0.05) is 6.07 Å². The number of nitrogens with zero attached hydrogens (tertiary/aromatic N) is 5. The van der Waals surface area contributed by atoms with Gasteiger partial charge in [-0.3, -0.25) is 9.88 Å². The standard InChI is InChI=1S/C20H26N6O2S.2C2HF3O2/c27-29(28)17-13-22-19(26-8-1-2-9-26)24-18(17)20(15-23-29)5-10-25(11-6-20)14-16-4-3-7-21-12-16;2*3-2(4,5)1(6)7/h3-4,7,12-13,23H,1-2,5-6,8-11,14-15H2;2*(H,6,7). The Hall–Kier alpha value is -3.58. The molecule has 0 unspecified atom stereocenters. The molecule has 12 nitrogen and oxygen atoms in total. The summed E-state index contributed by atoms with van der Waals surface area (Å²) in [6.07, 6.45) is -0.940. The molecule has 0 aromatic carbocycles. The molecule has 5 rings (SSSR count). The molecule has 5 heterocycles. The zero-order chi connectivity index (χ0) is 32.1. The normalized spacial score (nSPS) is 19.3. The number of hydrogen-bond acceptors (Lipinski definition) is 9. The summed E-state index contributed by atoms with van der Waals surface area (Å²) in [4.78, 5) is 36.1. The van der Waals surface area contributed by atoms with Crippen molar-refractivity contribution < 1.29 is 54.6 Å². The highest BCUT2D eigenvalue weighted by molar-refractivity contribution is 7.89. The van der Waals surface area contributed by atoms with Gasteiger partial charge in [-0.25, -0.2) is 32.7 Å². The van der Waals surface area contributed by atoms with Gasteiger partial charge in [0.05, 0.1) is 11.9 Å². The Morgan fingerprint density at radius 3 is 2.00 bits per heavy atom. The van der Waals surface area contributed by atoms with Gasteiger partial charge in [0.15, 0.2) is 0 Å². The Morgan fingerprint density at radius 2 is 1.51 bits per heavy atom. The number of rotatable bonds is 3. The average Bonchev–Trinajstić information content (AvgIpc) is 3.48. The number of piperidine rings is 1. The fourth-order valence-electron chi connectivity index (χ4n) is 4.70. The summed E-state index contributed by atoms with van der Waals surface area (Å²) in [6.45, 7) is 4.97. The van der Waals surface area contributed by atoms with Crippen LogP contribution in [0.15, 0.2) is 35.6 Å². The molecule has 3 N–H and O–H groups in total. The van der Waals surface area contributed by atoms with Gasteiger partial charge in [0, 0.05) is 44.0 Å². The number of sulfonamides is 1. The Kier molecular flexibility index (Phi) is 10.6. The van der Waals surface area contributed by atoms with E-state index >= 15 is 0 Å². The molecule has 0 aliphatic carbocycles. The molecule has 238 valence electrons. The SMILES string of the molecule is O=C(O)C(F)(F)F.O=C(O)C(F)(F)F.O=S1(=O)NCC2(CCN(Cc3cccnc3)CC2)c2nc(N3CCCC3)ncc21. The zero-order valence-electron chi connectivity index (χ0n) is 22.4. The molecule has 3 aliphatic rings. The number of anilines is 1. The van der Waals surface area contributed by atoms with Crippen LogP contribution < -0.4 is 9.62 Å². The van der Waals surface area contributed by atoms with Gasteiger partial charge >= 0.3 is 24.3 Å². The molecule has 0 amide bonds. The molecule has 0 radical (unpaired) electrons. The van der Waals surface area contributed by atoms with Crippen molar-refractivity contribution in [2.75, 3.05) is 37.6 Å². The molecule has 1 spiro atoms. The van der Waals surface area contributed by atoms with E-state index in [1.807, 2.05) is 12.3 Å². The summed E-state index contributed by atoms with van der Waals surface area (Å²) in [7, 11) is -3.54. The first-order valence-electron chi connectivity index (χ1n) is 12.8. The van der Waals surface area contributed by atoms with Crippen LogP contribution in [0.25, 0.3) is 0 Å². The molecule has 43 heavy (non-hydrogen) atoms. The van der Waals surface area contributed by atoms with E-state index < -0.39 is 34.3 Å². The monoisotopic (exact) mass is 642 g/mol. The van der Waals surface area contributed by atoms with Crippen LogP contribution >= 0.6 is 0 Å². The van der Waals surface area contributed by atoms with Crippen LogP contribution in [0.4, 0.5) is 32.3 Å². The van der Waals surface area contributed by atoms with Crippen molar-refractivity contribution in [1.82, 2.24) is 24.6 Å². The van der Waals surface area contributed by atoms with Gasteiger partial charge in [0.2, 0.25) is 16.0 Å². The predicted molar refractivity (Wildman–Crippen MR) is 136 cm³/mol. The Morgan fingerprint density at radius 1 is 0.953 bits per heavy atom. The lowest BCUT2D eigenvalue weighted by Gasteiger charge is -2.44. The summed E-state index contributed by atoms with van der Waals surface area (Å²) in [6, 6.07) is 4.06. The molecule has 2 aromatic rings. The van der Waals surface area contributed by atoms with Crippen LogP contribution in [0.1, 0.15) is 36.9 Å². The first-order valence-corrected chi connectivity index (χ1v) is 14.3. The third-order valence-corrected chi connectivity index (χ3v) is 8.35. The minimum atomic E-state index is -5.08. The summed E-state index contributed by atoms with van der Waals surface area (Å²) in [5.74, 6) is -4.84. The molecule has 2 saturated heterocycles. The number of hydrogen-bond donors (Lipinski definition) is 3. The number of likely N-dealkylation sites (tertiary alicyclic amines) is 1.